The molecule has 1 amide bonds. The monoisotopic (exact) mass is 198 g/mol. The topological polar surface area (TPSA) is 58.2 Å². The summed E-state index contributed by atoms with van der Waals surface area (Å²) in [5.41, 5.74) is 0. The number of hydrogen-bond donors (Lipinski definition) is 2. The molecule has 0 aromatic rings. The van der Waals surface area contributed by atoms with Crippen LogP contribution in [0, 0.1) is 0 Å². The van der Waals surface area contributed by atoms with Crippen molar-refractivity contribution in [2.75, 3.05) is 13.1 Å². The van der Waals surface area contributed by atoms with Crippen LogP contribution in [0.5, 0.6) is 0 Å². The highest BCUT2D eigenvalue weighted by Gasteiger charge is 2.22. The summed E-state index contributed by atoms with van der Waals surface area (Å²) < 4.78 is 0. The first kappa shape index (κ1) is 11.2. The Labute approximate surface area is 84.4 Å². The summed E-state index contributed by atoms with van der Waals surface area (Å²) in [6.45, 7) is 3.24. The average molecular weight is 198 g/mol. The molecular formula is C10H18N2O2. The number of ketones is 1. The molecule has 0 aromatic carbocycles. The van der Waals surface area contributed by atoms with Crippen molar-refractivity contribution >= 4 is 11.7 Å². The van der Waals surface area contributed by atoms with Crippen LogP contribution >= 0.6 is 0 Å². The quantitative estimate of drug-likeness (QED) is 0.679. The number of carbonyl (C=O) groups excluding carboxylic acids is 2. The molecule has 0 saturated carbocycles. The second-order valence-corrected chi connectivity index (χ2v) is 3.66. The second kappa shape index (κ2) is 5.75. The standard InChI is InChI=1S/C10H18N2O2/c1-2-3-4-10(14)12-8-5-6-11-7-9(8)13/h8,11H,2-7H2,1H3,(H,12,14). The van der Waals surface area contributed by atoms with Crippen molar-refractivity contribution in [3.63, 3.8) is 0 Å². The number of carbonyl (C=O) groups is 2. The molecule has 14 heavy (non-hydrogen) atoms. The lowest BCUT2D eigenvalue weighted by Gasteiger charge is -2.22. The number of piperidine rings is 1. The Morgan fingerprint density at radius 1 is 1.64 bits per heavy atom. The lowest BCUT2D eigenvalue weighted by Crippen LogP contribution is -2.49. The third-order valence-electron chi connectivity index (χ3n) is 2.39. The van der Waals surface area contributed by atoms with Gasteiger partial charge in [-0.05, 0) is 19.4 Å². The van der Waals surface area contributed by atoms with E-state index in [0.29, 0.717) is 13.0 Å². The van der Waals surface area contributed by atoms with Crippen molar-refractivity contribution in [3.05, 3.63) is 0 Å². The third kappa shape index (κ3) is 3.46. The minimum atomic E-state index is -0.249. The molecule has 4 heteroatoms. The minimum Gasteiger partial charge on any atom is -0.346 e. The minimum absolute atomic E-state index is 0.00657. The number of amides is 1. The van der Waals surface area contributed by atoms with Gasteiger partial charge >= 0.3 is 0 Å². The van der Waals surface area contributed by atoms with Gasteiger partial charge < -0.3 is 10.6 Å². The molecule has 1 unspecified atom stereocenters. The van der Waals surface area contributed by atoms with E-state index in [4.69, 9.17) is 0 Å². The molecule has 0 bridgehead atoms. The van der Waals surface area contributed by atoms with Gasteiger partial charge in [0.15, 0.2) is 5.78 Å². The van der Waals surface area contributed by atoms with Crippen LogP contribution in [0.15, 0.2) is 0 Å². The summed E-state index contributed by atoms with van der Waals surface area (Å²) in [5.74, 6) is 0.105. The molecule has 1 saturated heterocycles. The molecule has 0 radical (unpaired) electrons. The number of rotatable bonds is 4. The maximum atomic E-state index is 11.3. The molecule has 80 valence electrons. The SMILES string of the molecule is CCCCC(=O)NC1CCNCC1=O. The summed E-state index contributed by atoms with van der Waals surface area (Å²) in [6.07, 6.45) is 3.16. The van der Waals surface area contributed by atoms with E-state index in [0.717, 1.165) is 25.8 Å². The molecule has 0 aliphatic carbocycles. The molecule has 1 aliphatic heterocycles. The highest BCUT2D eigenvalue weighted by atomic mass is 16.2. The van der Waals surface area contributed by atoms with Gasteiger partial charge in [-0.25, -0.2) is 0 Å². The highest BCUT2D eigenvalue weighted by molar-refractivity contribution is 5.90. The zero-order chi connectivity index (χ0) is 10.4. The van der Waals surface area contributed by atoms with Crippen LogP contribution in [0.1, 0.15) is 32.6 Å². The van der Waals surface area contributed by atoms with E-state index in [9.17, 15) is 9.59 Å². The summed E-state index contributed by atoms with van der Waals surface area (Å²) in [4.78, 5) is 22.7. The fourth-order valence-corrected chi connectivity index (χ4v) is 1.50. The van der Waals surface area contributed by atoms with Crippen LogP contribution in [0.25, 0.3) is 0 Å². The van der Waals surface area contributed by atoms with Crippen molar-refractivity contribution in [3.8, 4) is 0 Å². The van der Waals surface area contributed by atoms with Crippen molar-refractivity contribution in [2.45, 2.75) is 38.6 Å². The number of nitrogens with one attached hydrogen (secondary N) is 2. The Balaban J connectivity index is 2.27. The molecule has 0 spiro atoms. The third-order valence-corrected chi connectivity index (χ3v) is 2.39. The second-order valence-electron chi connectivity index (χ2n) is 3.66. The van der Waals surface area contributed by atoms with Gasteiger partial charge in [-0.2, -0.15) is 0 Å². The fourth-order valence-electron chi connectivity index (χ4n) is 1.50. The number of Topliss-reactive ketones (excluding diaryl/α,β-unsaturated/α-hetero) is 1. The molecule has 0 aromatic heterocycles. The Morgan fingerprint density at radius 3 is 3.07 bits per heavy atom. The first-order chi connectivity index (χ1) is 6.74. The average Bonchev–Trinajstić information content (AvgIpc) is 2.18. The maximum Gasteiger partial charge on any atom is 0.220 e. The predicted molar refractivity (Wildman–Crippen MR) is 53.9 cm³/mol. The zero-order valence-corrected chi connectivity index (χ0v) is 8.64. The molecular weight excluding hydrogens is 180 g/mol. The van der Waals surface area contributed by atoms with Crippen LogP contribution in [-0.2, 0) is 9.59 Å². The van der Waals surface area contributed by atoms with Gasteiger partial charge in [0.05, 0.1) is 12.6 Å². The zero-order valence-electron chi connectivity index (χ0n) is 8.64. The summed E-state index contributed by atoms with van der Waals surface area (Å²) in [7, 11) is 0. The van der Waals surface area contributed by atoms with E-state index >= 15 is 0 Å². The maximum absolute atomic E-state index is 11.3. The van der Waals surface area contributed by atoms with Crippen LogP contribution < -0.4 is 10.6 Å². The molecule has 1 atom stereocenters. The summed E-state index contributed by atoms with van der Waals surface area (Å²) in [6, 6.07) is -0.249. The van der Waals surface area contributed by atoms with Crippen molar-refractivity contribution < 1.29 is 9.59 Å². The number of hydrogen-bond acceptors (Lipinski definition) is 3. The summed E-state index contributed by atoms with van der Waals surface area (Å²) in [5, 5.41) is 5.76. The smallest absolute Gasteiger partial charge is 0.220 e. The lowest BCUT2D eigenvalue weighted by atomic mass is 10.1. The molecule has 1 fully saturated rings. The lowest BCUT2D eigenvalue weighted by molar-refractivity contribution is -0.128. The molecule has 1 aliphatic rings. The van der Waals surface area contributed by atoms with Gasteiger partial charge in [-0.15, -0.1) is 0 Å². The summed E-state index contributed by atoms with van der Waals surface area (Å²) >= 11 is 0. The van der Waals surface area contributed by atoms with Crippen LogP contribution in [0.4, 0.5) is 0 Å². The Kier molecular flexibility index (Phi) is 4.59. The highest BCUT2D eigenvalue weighted by Crippen LogP contribution is 2.00. The molecule has 1 rings (SSSR count). The first-order valence-corrected chi connectivity index (χ1v) is 5.27. The molecule has 2 N–H and O–H groups in total. The van der Waals surface area contributed by atoms with E-state index in [1.54, 1.807) is 0 Å². The molecule has 1 heterocycles. The van der Waals surface area contributed by atoms with Crippen molar-refractivity contribution in [2.24, 2.45) is 0 Å². The van der Waals surface area contributed by atoms with Crippen LogP contribution in [-0.4, -0.2) is 30.8 Å². The van der Waals surface area contributed by atoms with Crippen molar-refractivity contribution in [1.29, 1.82) is 0 Å². The van der Waals surface area contributed by atoms with E-state index in [-0.39, 0.29) is 17.7 Å². The van der Waals surface area contributed by atoms with Gasteiger partial charge in [0, 0.05) is 6.42 Å². The largest absolute Gasteiger partial charge is 0.346 e. The van der Waals surface area contributed by atoms with Gasteiger partial charge in [0.1, 0.15) is 0 Å². The van der Waals surface area contributed by atoms with Gasteiger partial charge in [0.2, 0.25) is 5.91 Å². The van der Waals surface area contributed by atoms with E-state index < -0.39 is 0 Å². The first-order valence-electron chi connectivity index (χ1n) is 5.27. The van der Waals surface area contributed by atoms with E-state index in [1.165, 1.54) is 0 Å². The van der Waals surface area contributed by atoms with Gasteiger partial charge in [-0.3, -0.25) is 9.59 Å². The molecule has 4 nitrogen and oxygen atoms in total. The van der Waals surface area contributed by atoms with E-state index in [2.05, 4.69) is 10.6 Å². The Bertz CT molecular complexity index is 216. The Morgan fingerprint density at radius 2 is 2.43 bits per heavy atom. The van der Waals surface area contributed by atoms with Crippen LogP contribution in [0.2, 0.25) is 0 Å². The van der Waals surface area contributed by atoms with Gasteiger partial charge in [-0.1, -0.05) is 13.3 Å². The van der Waals surface area contributed by atoms with E-state index in [1.807, 2.05) is 6.92 Å². The van der Waals surface area contributed by atoms with Crippen molar-refractivity contribution in [1.82, 2.24) is 10.6 Å². The fraction of sp³-hybridized carbons (Fsp3) is 0.800. The Hall–Kier alpha value is -0.900. The van der Waals surface area contributed by atoms with Crippen LogP contribution in [0.3, 0.4) is 0 Å². The number of unbranched alkanes of at least 4 members (excludes halogenated alkanes) is 1. The van der Waals surface area contributed by atoms with Gasteiger partial charge in [0.25, 0.3) is 0 Å². The predicted octanol–water partition coefficient (Wildman–Crippen LogP) is 0.224. The normalized spacial score (nSPS) is 22.1.